The number of nitrogens with zero attached hydrogens (tertiary/aromatic N) is 2. The second kappa shape index (κ2) is 6.78. The van der Waals surface area contributed by atoms with Gasteiger partial charge in [0.1, 0.15) is 0 Å². The molecule has 1 saturated heterocycles. The molecule has 4 heteroatoms. The minimum absolute atomic E-state index is 0.845. The Morgan fingerprint density at radius 3 is 2.15 bits per heavy atom. The van der Waals surface area contributed by atoms with Crippen LogP contribution in [0.15, 0.2) is 24.3 Å². The molecule has 0 unspecified atom stereocenters. The minimum Gasteiger partial charge on any atom is -0.369 e. The molecule has 3 nitrogen and oxygen atoms in total. The lowest BCUT2D eigenvalue weighted by atomic mass is 10.1. The third-order valence-corrected chi connectivity index (χ3v) is 5.31. The van der Waals surface area contributed by atoms with Crippen molar-refractivity contribution < 1.29 is 4.57 Å². The van der Waals surface area contributed by atoms with Gasteiger partial charge in [0.2, 0.25) is 0 Å². The Bertz CT molecular complexity index is 458. The summed E-state index contributed by atoms with van der Waals surface area (Å²) in [5, 5.41) is 0. The molecule has 1 aliphatic rings. The summed E-state index contributed by atoms with van der Waals surface area (Å²) < 4.78 is 11.8. The summed E-state index contributed by atoms with van der Waals surface area (Å²) in [4.78, 5) is 4.89. The SMILES string of the molecule is CCc1ccc(N2CCN(CCP(C)(C)=O)CC2)cc1. The molecule has 2 rings (SSSR count). The van der Waals surface area contributed by atoms with E-state index in [1.165, 1.54) is 11.3 Å². The Labute approximate surface area is 123 Å². The number of aryl methyl sites for hydroxylation is 1. The van der Waals surface area contributed by atoms with Gasteiger partial charge in [-0.05, 0) is 37.4 Å². The van der Waals surface area contributed by atoms with Crippen molar-refractivity contribution in [3.05, 3.63) is 29.8 Å². The number of piperazine rings is 1. The fraction of sp³-hybridized carbons (Fsp3) is 0.625. The highest BCUT2D eigenvalue weighted by Crippen LogP contribution is 2.35. The molecular formula is C16H27N2OP. The summed E-state index contributed by atoms with van der Waals surface area (Å²) in [6.45, 7) is 11.2. The normalized spacial score (nSPS) is 17.4. The molecule has 0 bridgehead atoms. The summed E-state index contributed by atoms with van der Waals surface area (Å²) in [6, 6.07) is 8.93. The predicted octanol–water partition coefficient (Wildman–Crippen LogP) is 2.99. The molecule has 0 radical (unpaired) electrons. The van der Waals surface area contributed by atoms with Gasteiger partial charge in [-0.25, -0.2) is 0 Å². The summed E-state index contributed by atoms with van der Waals surface area (Å²) in [5.74, 6) is 0. The number of hydrogen-bond acceptors (Lipinski definition) is 3. The molecule has 0 N–H and O–H groups in total. The van der Waals surface area contributed by atoms with E-state index in [4.69, 9.17) is 0 Å². The van der Waals surface area contributed by atoms with Crippen LogP contribution < -0.4 is 4.90 Å². The lowest BCUT2D eigenvalue weighted by Gasteiger charge is -2.36. The number of rotatable bonds is 5. The fourth-order valence-electron chi connectivity index (χ4n) is 2.55. The lowest BCUT2D eigenvalue weighted by molar-refractivity contribution is 0.272. The summed E-state index contributed by atoms with van der Waals surface area (Å²) >= 11 is 0. The van der Waals surface area contributed by atoms with Gasteiger partial charge in [-0.15, -0.1) is 0 Å². The van der Waals surface area contributed by atoms with Crippen LogP contribution in [0.1, 0.15) is 12.5 Å². The largest absolute Gasteiger partial charge is 0.369 e. The van der Waals surface area contributed by atoms with Crippen LogP contribution in [0.5, 0.6) is 0 Å². The van der Waals surface area contributed by atoms with E-state index < -0.39 is 7.14 Å². The number of hydrogen-bond donors (Lipinski definition) is 0. The second-order valence-corrected chi connectivity index (χ2v) is 9.74. The first-order valence-electron chi connectivity index (χ1n) is 7.58. The molecule has 112 valence electrons. The van der Waals surface area contributed by atoms with Gasteiger partial charge in [-0.2, -0.15) is 0 Å². The maximum atomic E-state index is 11.8. The molecule has 0 spiro atoms. The van der Waals surface area contributed by atoms with E-state index in [1.807, 2.05) is 13.3 Å². The van der Waals surface area contributed by atoms with Gasteiger partial charge in [0.15, 0.2) is 0 Å². The van der Waals surface area contributed by atoms with Crippen LogP contribution in [0.4, 0.5) is 5.69 Å². The molecule has 1 heterocycles. The molecule has 0 saturated carbocycles. The Morgan fingerprint density at radius 1 is 1.05 bits per heavy atom. The van der Waals surface area contributed by atoms with Crippen LogP contribution in [-0.4, -0.2) is 57.1 Å². The van der Waals surface area contributed by atoms with Crippen LogP contribution in [0.3, 0.4) is 0 Å². The molecule has 1 fully saturated rings. The van der Waals surface area contributed by atoms with Crippen LogP contribution in [0.25, 0.3) is 0 Å². The zero-order valence-electron chi connectivity index (χ0n) is 13.0. The highest BCUT2D eigenvalue weighted by molar-refractivity contribution is 7.62. The average molecular weight is 294 g/mol. The standard InChI is InChI=1S/C16H27N2OP/c1-4-15-5-7-16(8-6-15)18-11-9-17(10-12-18)13-14-20(2,3)19/h5-8H,4,9-14H2,1-3H3. The molecule has 1 aromatic carbocycles. The summed E-state index contributed by atoms with van der Waals surface area (Å²) in [5.41, 5.74) is 2.73. The summed E-state index contributed by atoms with van der Waals surface area (Å²) in [6.07, 6.45) is 1.94. The van der Waals surface area contributed by atoms with Crippen LogP contribution in [0.2, 0.25) is 0 Å². The Morgan fingerprint density at radius 2 is 1.65 bits per heavy atom. The minimum atomic E-state index is -1.87. The smallest absolute Gasteiger partial charge is 0.0831 e. The van der Waals surface area contributed by atoms with Gasteiger partial charge in [-0.1, -0.05) is 19.1 Å². The first-order valence-corrected chi connectivity index (χ1v) is 10.4. The van der Waals surface area contributed by atoms with Crippen molar-refractivity contribution >= 4 is 12.8 Å². The van der Waals surface area contributed by atoms with Gasteiger partial charge >= 0.3 is 0 Å². The Kier molecular flexibility index (Phi) is 5.29. The monoisotopic (exact) mass is 294 g/mol. The number of anilines is 1. The first kappa shape index (κ1) is 15.6. The Hall–Kier alpha value is -0.790. The van der Waals surface area contributed by atoms with Crippen molar-refractivity contribution in [3.8, 4) is 0 Å². The van der Waals surface area contributed by atoms with E-state index in [9.17, 15) is 4.57 Å². The van der Waals surface area contributed by atoms with Crippen molar-refractivity contribution in [3.63, 3.8) is 0 Å². The molecule has 1 aliphatic heterocycles. The first-order chi connectivity index (χ1) is 9.48. The van der Waals surface area contributed by atoms with Crippen LogP contribution in [0, 0.1) is 0 Å². The van der Waals surface area contributed by atoms with E-state index in [1.54, 1.807) is 0 Å². The van der Waals surface area contributed by atoms with Crippen molar-refractivity contribution in [1.82, 2.24) is 4.90 Å². The maximum absolute atomic E-state index is 11.8. The van der Waals surface area contributed by atoms with Gasteiger partial charge in [0.05, 0.1) is 7.14 Å². The van der Waals surface area contributed by atoms with Crippen LogP contribution >= 0.6 is 7.14 Å². The molecular weight excluding hydrogens is 267 g/mol. The fourth-order valence-corrected chi connectivity index (χ4v) is 3.32. The summed E-state index contributed by atoms with van der Waals surface area (Å²) in [7, 11) is -1.87. The van der Waals surface area contributed by atoms with Gasteiger partial charge < -0.3 is 9.46 Å². The topological polar surface area (TPSA) is 23.6 Å². The molecule has 20 heavy (non-hydrogen) atoms. The van der Waals surface area contributed by atoms with Gasteiger partial charge in [-0.3, -0.25) is 4.90 Å². The predicted molar refractivity (Wildman–Crippen MR) is 88.8 cm³/mol. The van der Waals surface area contributed by atoms with E-state index >= 15 is 0 Å². The molecule has 0 aromatic heterocycles. The molecule has 0 aliphatic carbocycles. The zero-order valence-corrected chi connectivity index (χ0v) is 13.9. The van der Waals surface area contributed by atoms with E-state index in [0.717, 1.165) is 45.3 Å². The highest BCUT2D eigenvalue weighted by Gasteiger charge is 2.18. The third kappa shape index (κ3) is 4.64. The van der Waals surface area contributed by atoms with E-state index in [-0.39, 0.29) is 0 Å². The van der Waals surface area contributed by atoms with E-state index in [0.29, 0.717) is 0 Å². The molecule has 1 aromatic rings. The Balaban J connectivity index is 1.82. The third-order valence-electron chi connectivity index (χ3n) is 4.04. The molecule has 0 atom stereocenters. The van der Waals surface area contributed by atoms with Crippen molar-refractivity contribution in [2.24, 2.45) is 0 Å². The maximum Gasteiger partial charge on any atom is 0.0831 e. The van der Waals surface area contributed by atoms with E-state index in [2.05, 4.69) is 41.0 Å². The lowest BCUT2D eigenvalue weighted by Crippen LogP contribution is -2.47. The highest BCUT2D eigenvalue weighted by atomic mass is 31.2. The quantitative estimate of drug-likeness (QED) is 0.780. The van der Waals surface area contributed by atoms with Crippen LogP contribution in [-0.2, 0) is 11.0 Å². The van der Waals surface area contributed by atoms with Crippen molar-refractivity contribution in [2.75, 3.05) is 57.1 Å². The second-order valence-electron chi connectivity index (χ2n) is 6.15. The zero-order chi connectivity index (χ0) is 14.6. The van der Waals surface area contributed by atoms with Gasteiger partial charge in [0.25, 0.3) is 0 Å². The van der Waals surface area contributed by atoms with Gasteiger partial charge in [0, 0.05) is 44.6 Å². The molecule has 0 amide bonds. The average Bonchev–Trinajstić information content (AvgIpc) is 2.45. The van der Waals surface area contributed by atoms with Crippen molar-refractivity contribution in [1.29, 1.82) is 0 Å². The van der Waals surface area contributed by atoms with Crippen molar-refractivity contribution in [2.45, 2.75) is 13.3 Å². The number of benzene rings is 1.